The van der Waals surface area contributed by atoms with E-state index in [0.717, 1.165) is 0 Å². The summed E-state index contributed by atoms with van der Waals surface area (Å²) in [5, 5.41) is 0. The fraction of sp³-hybridized carbons (Fsp3) is 0. The van der Waals surface area contributed by atoms with Crippen molar-refractivity contribution in [1.29, 1.82) is 0 Å². The first-order valence-corrected chi connectivity index (χ1v) is 4.50. The van der Waals surface area contributed by atoms with E-state index in [9.17, 15) is 0 Å². The second-order valence-corrected chi connectivity index (χ2v) is 2.23. The molecule has 0 saturated carbocycles. The molecule has 0 saturated heterocycles. The minimum Gasteiger partial charge on any atom is -0.412 e. The van der Waals surface area contributed by atoms with Gasteiger partial charge in [-0.25, -0.2) is 0 Å². The quantitative estimate of drug-likeness (QED) is 0.320. The minimum atomic E-state index is 0. The standard InChI is InChI=1S/2C5H5N.2N3.2H2O.Pt/c2*1-2-4-6-5-3-1;2*1-3-2;;;/h2*1-5H;;;2*1H2;/q;;2*-1;;;+2. The predicted molar refractivity (Wildman–Crippen MR) is 75.9 cm³/mol. The van der Waals surface area contributed by atoms with Crippen molar-refractivity contribution >= 4 is 0 Å². The van der Waals surface area contributed by atoms with Crippen LogP contribution >= 0.6 is 0 Å². The Morgan fingerprint density at radius 1 is 0.524 bits per heavy atom. The van der Waals surface area contributed by atoms with E-state index in [2.05, 4.69) is 9.97 Å². The fourth-order valence-corrected chi connectivity index (χ4v) is 0.625. The molecule has 0 aliphatic heterocycles. The SMILES string of the molecule is O.O.[N-]=[N+]=[N-].[N-]=[N+]=[N-].[Pt+2].c1ccncc1.c1ccncc1. The van der Waals surface area contributed by atoms with Gasteiger partial charge in [-0.3, -0.25) is 19.8 Å². The van der Waals surface area contributed by atoms with Gasteiger partial charge in [-0.05, 0) is 24.3 Å². The first kappa shape index (κ1) is 31.1. The average molecular weight is 473 g/mol. The molecule has 0 bridgehead atoms. The summed E-state index contributed by atoms with van der Waals surface area (Å²) in [4.78, 5) is 10.6. The number of pyridine rings is 2. The van der Waals surface area contributed by atoms with Gasteiger partial charge >= 0.3 is 21.1 Å². The van der Waals surface area contributed by atoms with E-state index >= 15 is 0 Å². The Balaban J connectivity index is -0.0000000545. The molecule has 10 nitrogen and oxygen atoms in total. The summed E-state index contributed by atoms with van der Waals surface area (Å²) in [5.74, 6) is 0. The summed E-state index contributed by atoms with van der Waals surface area (Å²) in [6, 6.07) is 11.4. The van der Waals surface area contributed by atoms with Crippen LogP contribution in [0.1, 0.15) is 0 Å². The Morgan fingerprint density at radius 2 is 0.714 bits per heavy atom. The zero-order valence-electron chi connectivity index (χ0n) is 10.7. The summed E-state index contributed by atoms with van der Waals surface area (Å²) in [7, 11) is 0. The van der Waals surface area contributed by atoms with Crippen LogP contribution in [0.5, 0.6) is 0 Å². The van der Waals surface area contributed by atoms with Crippen LogP contribution < -0.4 is 0 Å². The second-order valence-electron chi connectivity index (χ2n) is 2.23. The number of rotatable bonds is 0. The van der Waals surface area contributed by atoms with Gasteiger partial charge in [0.05, 0.1) is 0 Å². The molecular weight excluding hydrogens is 459 g/mol. The van der Waals surface area contributed by atoms with Crippen LogP contribution in [-0.2, 0) is 21.1 Å². The van der Waals surface area contributed by atoms with Crippen LogP contribution in [0.2, 0.25) is 0 Å². The van der Waals surface area contributed by atoms with Crippen LogP contribution in [0.25, 0.3) is 31.9 Å². The third kappa shape index (κ3) is 46.6. The molecule has 0 amide bonds. The molecule has 0 spiro atoms. The Kier molecular flexibility index (Phi) is 53.4. The van der Waals surface area contributed by atoms with Crippen LogP contribution in [0.15, 0.2) is 61.2 Å². The Bertz CT molecular complexity index is 336. The minimum absolute atomic E-state index is 0. The van der Waals surface area contributed by atoms with E-state index in [4.69, 9.17) is 22.1 Å². The predicted octanol–water partition coefficient (Wildman–Crippen LogP) is 2.24. The molecule has 2 aromatic heterocycles. The van der Waals surface area contributed by atoms with Gasteiger partial charge in [0.25, 0.3) is 0 Å². The molecule has 0 aliphatic carbocycles. The molecule has 0 unspecified atom stereocenters. The van der Waals surface area contributed by atoms with Gasteiger partial charge in [-0.1, -0.05) is 12.1 Å². The van der Waals surface area contributed by atoms with Gasteiger partial charge in [-0.2, -0.15) is 0 Å². The molecule has 0 aromatic carbocycles. The number of aromatic nitrogens is 2. The maximum Gasteiger partial charge on any atom is 2.00 e. The molecule has 2 aromatic rings. The molecule has 0 radical (unpaired) electrons. The van der Waals surface area contributed by atoms with E-state index in [1.807, 2.05) is 36.4 Å². The van der Waals surface area contributed by atoms with Crippen molar-refractivity contribution in [1.82, 2.24) is 9.97 Å². The number of nitrogens with zero attached hydrogens (tertiary/aromatic N) is 8. The van der Waals surface area contributed by atoms with Gasteiger partial charge < -0.3 is 33.1 Å². The van der Waals surface area contributed by atoms with Crippen LogP contribution in [-0.4, -0.2) is 20.9 Å². The van der Waals surface area contributed by atoms with Crippen molar-refractivity contribution in [3.8, 4) is 0 Å². The Hall–Kier alpha value is -2.47. The van der Waals surface area contributed by atoms with Gasteiger partial charge in [0.2, 0.25) is 0 Å². The third-order valence-corrected chi connectivity index (χ3v) is 1.13. The molecule has 11 heteroatoms. The summed E-state index contributed by atoms with van der Waals surface area (Å²) >= 11 is 0. The molecule has 21 heavy (non-hydrogen) atoms. The maximum atomic E-state index is 6.75. The van der Waals surface area contributed by atoms with Gasteiger partial charge in [0, 0.05) is 24.8 Å². The monoisotopic (exact) mass is 473 g/mol. The number of hydrogen-bond donors (Lipinski definition) is 0. The largest absolute Gasteiger partial charge is 2.00 e. The summed E-state index contributed by atoms with van der Waals surface area (Å²) in [6.45, 7) is 0. The van der Waals surface area contributed by atoms with Crippen molar-refractivity contribution < 1.29 is 32.0 Å². The molecule has 0 fully saturated rings. The third-order valence-electron chi connectivity index (χ3n) is 1.13. The van der Waals surface area contributed by atoms with Gasteiger partial charge in [0.15, 0.2) is 0 Å². The van der Waals surface area contributed by atoms with Crippen molar-refractivity contribution in [2.75, 3.05) is 0 Å². The normalized spacial score (nSPS) is 5.33. The van der Waals surface area contributed by atoms with E-state index in [1.165, 1.54) is 9.82 Å². The topological polar surface area (TPSA) is 206 Å². The van der Waals surface area contributed by atoms with Crippen molar-refractivity contribution in [3.05, 3.63) is 93.1 Å². The maximum absolute atomic E-state index is 6.75. The molecule has 2 rings (SSSR count). The average Bonchev–Trinajstić information content (AvgIpc) is 2.45. The second kappa shape index (κ2) is 36.0. The molecule has 0 aliphatic rings. The van der Waals surface area contributed by atoms with E-state index < -0.39 is 0 Å². The van der Waals surface area contributed by atoms with Gasteiger partial charge in [0.1, 0.15) is 0 Å². The van der Waals surface area contributed by atoms with Gasteiger partial charge in [-0.15, -0.1) is 0 Å². The Morgan fingerprint density at radius 3 is 0.762 bits per heavy atom. The summed E-state index contributed by atoms with van der Waals surface area (Å²) < 4.78 is 0. The van der Waals surface area contributed by atoms with E-state index in [1.54, 1.807) is 24.8 Å². The first-order valence-electron chi connectivity index (χ1n) is 4.50. The molecule has 4 N–H and O–H groups in total. The number of hydrogen-bond acceptors (Lipinski definition) is 2. The van der Waals surface area contributed by atoms with E-state index in [-0.39, 0.29) is 32.0 Å². The van der Waals surface area contributed by atoms with Crippen molar-refractivity contribution in [2.24, 2.45) is 0 Å². The molecule has 2 heterocycles. The summed E-state index contributed by atoms with van der Waals surface area (Å²) in [6.07, 6.45) is 7.00. The molecular formula is C10H14N8O2Pt. The zero-order valence-corrected chi connectivity index (χ0v) is 12.9. The van der Waals surface area contributed by atoms with Crippen LogP contribution in [0, 0.1) is 0 Å². The molecule has 0 atom stereocenters. The first-order chi connectivity index (χ1) is 8.83. The van der Waals surface area contributed by atoms with Crippen LogP contribution in [0.3, 0.4) is 0 Å². The molecule has 116 valence electrons. The zero-order chi connectivity index (χ0) is 13.9. The smallest absolute Gasteiger partial charge is 0.412 e. The fourth-order valence-electron chi connectivity index (χ4n) is 0.625. The van der Waals surface area contributed by atoms with E-state index in [0.29, 0.717) is 0 Å². The summed E-state index contributed by atoms with van der Waals surface area (Å²) in [5.41, 5.74) is 27.0. The van der Waals surface area contributed by atoms with Crippen LogP contribution in [0.4, 0.5) is 0 Å². The van der Waals surface area contributed by atoms with Crippen molar-refractivity contribution in [2.45, 2.75) is 0 Å². The Labute approximate surface area is 135 Å². The van der Waals surface area contributed by atoms with Crippen molar-refractivity contribution in [3.63, 3.8) is 0 Å².